The summed E-state index contributed by atoms with van der Waals surface area (Å²) >= 11 is 0. The van der Waals surface area contributed by atoms with Gasteiger partial charge < -0.3 is 5.32 Å². The van der Waals surface area contributed by atoms with Crippen LogP contribution in [0.4, 0.5) is 0 Å². The van der Waals surface area contributed by atoms with Crippen LogP contribution in [-0.2, 0) is 6.42 Å². The van der Waals surface area contributed by atoms with E-state index in [2.05, 4.69) is 20.5 Å². The minimum Gasteiger partial charge on any atom is -0.352 e. The topological polar surface area (TPSA) is 77.1 Å². The molecule has 7 heteroatoms. The molecule has 0 fully saturated rings. The maximum Gasteiger partial charge on any atom is 0.256 e. The molecule has 0 spiro atoms. The van der Waals surface area contributed by atoms with Crippen LogP contribution in [0.2, 0.25) is 0 Å². The first-order valence-corrected chi connectivity index (χ1v) is 8.81. The summed E-state index contributed by atoms with van der Waals surface area (Å²) in [5, 5.41) is 11.6. The predicted molar refractivity (Wildman–Crippen MR) is 102 cm³/mol. The highest BCUT2D eigenvalue weighted by Gasteiger charge is 2.15. The van der Waals surface area contributed by atoms with Crippen molar-refractivity contribution in [3.63, 3.8) is 0 Å². The number of hydrogen-bond donors (Lipinski definition) is 1. The van der Waals surface area contributed by atoms with Gasteiger partial charge in [0.25, 0.3) is 5.91 Å². The van der Waals surface area contributed by atoms with Crippen molar-refractivity contribution in [2.45, 2.75) is 20.3 Å². The van der Waals surface area contributed by atoms with Gasteiger partial charge in [-0.25, -0.2) is 14.2 Å². The van der Waals surface area contributed by atoms with Crippen LogP contribution in [0.1, 0.15) is 27.3 Å². The van der Waals surface area contributed by atoms with Crippen molar-refractivity contribution in [1.29, 1.82) is 0 Å². The van der Waals surface area contributed by atoms with Gasteiger partial charge in [0.2, 0.25) is 0 Å². The minimum atomic E-state index is -0.169. The number of carbonyl (C=O) groups excluding carboxylic acids is 1. The molecule has 4 aromatic rings. The van der Waals surface area contributed by atoms with Crippen LogP contribution in [0.3, 0.4) is 0 Å². The third kappa shape index (κ3) is 3.44. The quantitative estimate of drug-likeness (QED) is 0.593. The third-order valence-corrected chi connectivity index (χ3v) is 4.38. The van der Waals surface area contributed by atoms with E-state index < -0.39 is 0 Å². The average Bonchev–Trinajstić information content (AvgIpc) is 3.29. The number of hydrogen-bond acceptors (Lipinski definition) is 4. The van der Waals surface area contributed by atoms with Gasteiger partial charge in [0.05, 0.1) is 18.1 Å². The first-order chi connectivity index (χ1) is 13.1. The van der Waals surface area contributed by atoms with Gasteiger partial charge in [0.1, 0.15) is 5.56 Å². The van der Waals surface area contributed by atoms with Gasteiger partial charge >= 0.3 is 0 Å². The maximum atomic E-state index is 12.5. The number of aromatic nitrogens is 5. The highest BCUT2D eigenvalue weighted by molar-refractivity contribution is 5.99. The van der Waals surface area contributed by atoms with E-state index in [4.69, 9.17) is 0 Å². The summed E-state index contributed by atoms with van der Waals surface area (Å²) in [5.74, 6) is -0.169. The van der Waals surface area contributed by atoms with Crippen molar-refractivity contribution in [3.05, 3.63) is 77.5 Å². The number of fused-ring (bicyclic) bond motifs is 1. The van der Waals surface area contributed by atoms with Gasteiger partial charge in [-0.05, 0) is 44.0 Å². The van der Waals surface area contributed by atoms with Gasteiger partial charge in [0, 0.05) is 24.1 Å². The Balaban J connectivity index is 1.41. The summed E-state index contributed by atoms with van der Waals surface area (Å²) in [6.45, 7) is 4.37. The molecule has 0 aliphatic heterocycles. The molecule has 4 rings (SSSR count). The zero-order chi connectivity index (χ0) is 18.8. The Bertz CT molecular complexity index is 1100. The molecule has 0 aliphatic rings. The van der Waals surface area contributed by atoms with Gasteiger partial charge in [-0.15, -0.1) is 0 Å². The molecule has 1 aromatic carbocycles. The second kappa shape index (κ2) is 7.03. The largest absolute Gasteiger partial charge is 0.352 e. The Labute approximate surface area is 156 Å². The minimum absolute atomic E-state index is 0.169. The Morgan fingerprint density at radius 1 is 1.11 bits per heavy atom. The van der Waals surface area contributed by atoms with Gasteiger partial charge in [-0.1, -0.05) is 18.2 Å². The Morgan fingerprint density at radius 3 is 2.74 bits per heavy atom. The summed E-state index contributed by atoms with van der Waals surface area (Å²) in [4.78, 5) is 17.0. The molecule has 0 saturated carbocycles. The zero-order valence-corrected chi connectivity index (χ0v) is 15.3. The highest BCUT2D eigenvalue weighted by atomic mass is 16.1. The van der Waals surface area contributed by atoms with E-state index in [0.29, 0.717) is 24.2 Å². The number of nitrogens with zero attached hydrogens (tertiary/aromatic N) is 5. The summed E-state index contributed by atoms with van der Waals surface area (Å²) in [5.41, 5.74) is 4.95. The van der Waals surface area contributed by atoms with E-state index in [0.717, 1.165) is 22.6 Å². The van der Waals surface area contributed by atoms with Crippen LogP contribution >= 0.6 is 0 Å². The van der Waals surface area contributed by atoms with Crippen LogP contribution in [0.25, 0.3) is 11.3 Å². The summed E-state index contributed by atoms with van der Waals surface area (Å²) in [7, 11) is 0. The monoisotopic (exact) mass is 360 g/mol. The van der Waals surface area contributed by atoms with Crippen molar-refractivity contribution in [2.24, 2.45) is 0 Å². The molecule has 1 amide bonds. The number of amides is 1. The lowest BCUT2D eigenvalue weighted by molar-refractivity contribution is 0.0955. The molecule has 27 heavy (non-hydrogen) atoms. The second-order valence-electron chi connectivity index (χ2n) is 6.47. The number of benzene rings is 1. The molecular formula is C20H20N6O. The SMILES string of the molecule is Cc1cc(C)n2ncc(C(=O)NCCc3cnn(-c4ccccc4)c3)c2n1. The normalized spacial score (nSPS) is 11.0. The van der Waals surface area contributed by atoms with E-state index in [1.54, 1.807) is 10.7 Å². The lowest BCUT2D eigenvalue weighted by Crippen LogP contribution is -2.25. The first-order valence-electron chi connectivity index (χ1n) is 8.81. The molecule has 3 aromatic heterocycles. The molecule has 0 bridgehead atoms. The molecule has 0 radical (unpaired) electrons. The number of aryl methyl sites for hydroxylation is 2. The van der Waals surface area contributed by atoms with Crippen LogP contribution in [0.15, 0.2) is 55.0 Å². The van der Waals surface area contributed by atoms with E-state index in [-0.39, 0.29) is 5.91 Å². The Kier molecular flexibility index (Phi) is 4.42. The summed E-state index contributed by atoms with van der Waals surface area (Å²) in [6.07, 6.45) is 6.06. The lowest BCUT2D eigenvalue weighted by atomic mass is 10.2. The first kappa shape index (κ1) is 17.0. The number of nitrogens with one attached hydrogen (secondary N) is 1. The molecule has 0 atom stereocenters. The molecule has 0 aliphatic carbocycles. The molecule has 7 nitrogen and oxygen atoms in total. The second-order valence-corrected chi connectivity index (χ2v) is 6.47. The van der Waals surface area contributed by atoms with E-state index in [9.17, 15) is 4.79 Å². The zero-order valence-electron chi connectivity index (χ0n) is 15.3. The van der Waals surface area contributed by atoms with Crippen molar-refractivity contribution in [1.82, 2.24) is 29.7 Å². The van der Waals surface area contributed by atoms with E-state index in [1.165, 1.54) is 0 Å². The van der Waals surface area contributed by atoms with Crippen LogP contribution in [0.5, 0.6) is 0 Å². The fourth-order valence-corrected chi connectivity index (χ4v) is 3.06. The predicted octanol–water partition coefficient (Wildman–Crippen LogP) is 2.50. The molecule has 0 saturated heterocycles. The van der Waals surface area contributed by atoms with Crippen molar-refractivity contribution in [3.8, 4) is 5.69 Å². The number of carbonyl (C=O) groups is 1. The molecule has 3 heterocycles. The van der Waals surface area contributed by atoms with Crippen molar-refractivity contribution < 1.29 is 4.79 Å². The van der Waals surface area contributed by atoms with Crippen LogP contribution in [-0.4, -0.2) is 36.8 Å². The van der Waals surface area contributed by atoms with Gasteiger partial charge in [0.15, 0.2) is 5.65 Å². The van der Waals surface area contributed by atoms with E-state index in [1.807, 2.05) is 67.3 Å². The smallest absolute Gasteiger partial charge is 0.256 e. The summed E-state index contributed by atoms with van der Waals surface area (Å²) < 4.78 is 3.52. The fourth-order valence-electron chi connectivity index (χ4n) is 3.06. The standard InChI is InChI=1S/C20H20N6O/c1-14-10-15(2)26-19(24-14)18(12-23-26)20(27)21-9-8-16-11-22-25(13-16)17-6-4-3-5-7-17/h3-7,10-13H,8-9H2,1-2H3,(H,21,27). The third-order valence-electron chi connectivity index (χ3n) is 4.38. The lowest BCUT2D eigenvalue weighted by Gasteiger charge is -2.04. The fraction of sp³-hybridized carbons (Fsp3) is 0.200. The maximum absolute atomic E-state index is 12.5. The van der Waals surface area contributed by atoms with E-state index >= 15 is 0 Å². The van der Waals surface area contributed by atoms with Gasteiger partial charge in [-0.2, -0.15) is 10.2 Å². The van der Waals surface area contributed by atoms with Crippen LogP contribution in [0, 0.1) is 13.8 Å². The Morgan fingerprint density at radius 2 is 1.93 bits per heavy atom. The van der Waals surface area contributed by atoms with Crippen molar-refractivity contribution in [2.75, 3.05) is 6.54 Å². The molecule has 136 valence electrons. The molecule has 0 unspecified atom stereocenters. The Hall–Kier alpha value is -3.48. The number of para-hydroxylation sites is 1. The number of rotatable bonds is 5. The van der Waals surface area contributed by atoms with Crippen molar-refractivity contribution >= 4 is 11.6 Å². The average molecular weight is 360 g/mol. The highest BCUT2D eigenvalue weighted by Crippen LogP contribution is 2.12. The summed E-state index contributed by atoms with van der Waals surface area (Å²) in [6, 6.07) is 11.9. The van der Waals surface area contributed by atoms with Crippen LogP contribution < -0.4 is 5.32 Å². The molecular weight excluding hydrogens is 340 g/mol. The van der Waals surface area contributed by atoms with Gasteiger partial charge in [-0.3, -0.25) is 4.79 Å². The molecule has 1 N–H and O–H groups in total.